The first-order chi connectivity index (χ1) is 9.61. The van der Waals surface area contributed by atoms with Crippen LogP contribution >= 0.6 is 0 Å². The fourth-order valence-corrected chi connectivity index (χ4v) is 2.17. The smallest absolute Gasteiger partial charge is 0.240 e. The predicted octanol–water partition coefficient (Wildman–Crippen LogP) is 1.000. The monoisotopic (exact) mass is 282 g/mol. The number of ether oxygens (including phenoxy) is 2. The summed E-state index contributed by atoms with van der Waals surface area (Å²) >= 11 is 0. The van der Waals surface area contributed by atoms with Crippen LogP contribution in [0.1, 0.15) is 18.5 Å². The van der Waals surface area contributed by atoms with E-state index in [4.69, 9.17) is 9.47 Å². The van der Waals surface area contributed by atoms with Crippen molar-refractivity contribution in [1.29, 1.82) is 0 Å². The molecule has 1 aromatic carbocycles. The first-order valence-electron chi connectivity index (χ1n) is 6.56. The van der Waals surface area contributed by atoms with Crippen LogP contribution in [0.4, 0.5) is 4.39 Å². The van der Waals surface area contributed by atoms with Crippen molar-refractivity contribution in [2.75, 3.05) is 26.9 Å². The lowest BCUT2D eigenvalue weighted by molar-refractivity contribution is -0.126. The van der Waals surface area contributed by atoms with Crippen LogP contribution in [0.5, 0.6) is 5.75 Å². The third-order valence-corrected chi connectivity index (χ3v) is 3.26. The number of hydrogen-bond acceptors (Lipinski definition) is 4. The minimum atomic E-state index is -0.370. The van der Waals surface area contributed by atoms with Gasteiger partial charge in [-0.2, -0.15) is 0 Å². The van der Waals surface area contributed by atoms with Crippen LogP contribution in [0, 0.1) is 5.82 Å². The van der Waals surface area contributed by atoms with Gasteiger partial charge in [0.2, 0.25) is 5.91 Å². The fraction of sp³-hybridized carbons (Fsp3) is 0.500. The average Bonchev–Trinajstić information content (AvgIpc) is 2.48. The lowest BCUT2D eigenvalue weighted by Crippen LogP contribution is -2.51. The molecule has 0 bridgehead atoms. The molecule has 2 atom stereocenters. The van der Waals surface area contributed by atoms with E-state index in [1.165, 1.54) is 19.2 Å². The van der Waals surface area contributed by atoms with E-state index in [1.54, 1.807) is 13.0 Å². The molecule has 0 saturated carbocycles. The van der Waals surface area contributed by atoms with E-state index in [1.807, 2.05) is 0 Å². The Morgan fingerprint density at radius 1 is 1.60 bits per heavy atom. The van der Waals surface area contributed by atoms with Crippen LogP contribution in [0.2, 0.25) is 0 Å². The number of rotatable bonds is 4. The predicted molar refractivity (Wildman–Crippen MR) is 72.1 cm³/mol. The molecule has 0 aromatic heterocycles. The highest BCUT2D eigenvalue weighted by Gasteiger charge is 2.23. The molecule has 0 radical (unpaired) electrons. The van der Waals surface area contributed by atoms with Crippen LogP contribution in [0.25, 0.3) is 0 Å². The number of amides is 1. The van der Waals surface area contributed by atoms with Crippen molar-refractivity contribution in [2.45, 2.75) is 19.0 Å². The van der Waals surface area contributed by atoms with Gasteiger partial charge in [-0.05, 0) is 25.1 Å². The molecule has 1 fully saturated rings. The van der Waals surface area contributed by atoms with Crippen molar-refractivity contribution in [2.24, 2.45) is 0 Å². The van der Waals surface area contributed by atoms with Crippen LogP contribution in [-0.4, -0.2) is 38.8 Å². The summed E-state index contributed by atoms with van der Waals surface area (Å²) in [4.78, 5) is 12.1. The third kappa shape index (κ3) is 3.46. The van der Waals surface area contributed by atoms with Crippen molar-refractivity contribution in [3.8, 4) is 5.75 Å². The molecule has 1 saturated heterocycles. The number of carbonyl (C=O) groups is 1. The second-order valence-electron chi connectivity index (χ2n) is 4.70. The summed E-state index contributed by atoms with van der Waals surface area (Å²) in [6.07, 6.45) is 0. The number of morpholine rings is 1. The van der Waals surface area contributed by atoms with Crippen molar-refractivity contribution < 1.29 is 18.7 Å². The summed E-state index contributed by atoms with van der Waals surface area (Å²) < 4.78 is 23.8. The maximum Gasteiger partial charge on any atom is 0.240 e. The second kappa shape index (κ2) is 6.67. The number of carbonyl (C=O) groups excluding carboxylic acids is 1. The Morgan fingerprint density at radius 3 is 3.05 bits per heavy atom. The van der Waals surface area contributed by atoms with Crippen LogP contribution < -0.4 is 15.4 Å². The van der Waals surface area contributed by atoms with Gasteiger partial charge in [-0.1, -0.05) is 0 Å². The molecule has 20 heavy (non-hydrogen) atoms. The van der Waals surface area contributed by atoms with Crippen molar-refractivity contribution in [1.82, 2.24) is 10.6 Å². The van der Waals surface area contributed by atoms with E-state index in [0.717, 1.165) is 0 Å². The topological polar surface area (TPSA) is 59.6 Å². The van der Waals surface area contributed by atoms with E-state index >= 15 is 0 Å². The summed E-state index contributed by atoms with van der Waals surface area (Å²) in [5.74, 6) is 0.0246. The maximum absolute atomic E-state index is 13.3. The zero-order valence-corrected chi connectivity index (χ0v) is 11.6. The minimum Gasteiger partial charge on any atom is -0.496 e. The van der Waals surface area contributed by atoms with Gasteiger partial charge in [0, 0.05) is 12.1 Å². The van der Waals surface area contributed by atoms with Gasteiger partial charge in [-0.15, -0.1) is 0 Å². The molecule has 5 nitrogen and oxygen atoms in total. The molecule has 0 spiro atoms. The van der Waals surface area contributed by atoms with Crippen molar-refractivity contribution in [3.63, 3.8) is 0 Å². The average molecular weight is 282 g/mol. The third-order valence-electron chi connectivity index (χ3n) is 3.26. The minimum absolute atomic E-state index is 0.163. The first kappa shape index (κ1) is 14.7. The Hall–Kier alpha value is -1.66. The molecule has 1 aliphatic rings. The lowest BCUT2D eigenvalue weighted by atomic mass is 10.1. The van der Waals surface area contributed by atoms with Crippen molar-refractivity contribution in [3.05, 3.63) is 29.6 Å². The Balaban J connectivity index is 2.05. The molecule has 1 heterocycles. The molecule has 0 aliphatic carbocycles. The SMILES string of the molecule is COc1ccc(F)cc1C(C)NC(=O)C1COCCN1. The number of nitrogens with one attached hydrogen (secondary N) is 2. The number of methoxy groups -OCH3 is 1. The molecule has 110 valence electrons. The van der Waals surface area contributed by atoms with Gasteiger partial charge < -0.3 is 20.1 Å². The number of benzene rings is 1. The Kier molecular flexibility index (Phi) is 4.92. The highest BCUT2D eigenvalue weighted by atomic mass is 19.1. The lowest BCUT2D eigenvalue weighted by Gasteiger charge is -2.25. The van der Waals surface area contributed by atoms with Gasteiger partial charge in [-0.3, -0.25) is 4.79 Å². The molecular weight excluding hydrogens is 263 g/mol. The number of halogens is 1. The molecular formula is C14H19FN2O3. The van der Waals surface area contributed by atoms with Crippen LogP contribution in [0.15, 0.2) is 18.2 Å². The highest BCUT2D eigenvalue weighted by molar-refractivity contribution is 5.82. The van der Waals surface area contributed by atoms with Gasteiger partial charge in [0.25, 0.3) is 0 Å². The molecule has 1 aliphatic heterocycles. The zero-order chi connectivity index (χ0) is 14.5. The largest absolute Gasteiger partial charge is 0.496 e. The maximum atomic E-state index is 13.3. The Labute approximate surface area is 117 Å². The van der Waals surface area contributed by atoms with Gasteiger partial charge in [0.05, 0.1) is 26.4 Å². The molecule has 2 rings (SSSR count). The van der Waals surface area contributed by atoms with E-state index < -0.39 is 0 Å². The Bertz CT molecular complexity index is 475. The van der Waals surface area contributed by atoms with Crippen LogP contribution in [0.3, 0.4) is 0 Å². The first-order valence-corrected chi connectivity index (χ1v) is 6.56. The molecule has 2 unspecified atom stereocenters. The summed E-state index contributed by atoms with van der Waals surface area (Å²) in [5, 5.41) is 5.91. The van der Waals surface area contributed by atoms with E-state index in [2.05, 4.69) is 10.6 Å². The standard InChI is InChI=1S/C14H19FN2O3/c1-9(11-7-10(15)3-4-13(11)19-2)17-14(18)12-8-20-6-5-16-12/h3-4,7,9,12,16H,5-6,8H2,1-2H3,(H,17,18). The summed E-state index contributed by atoms with van der Waals surface area (Å²) in [5.41, 5.74) is 0.609. The highest BCUT2D eigenvalue weighted by Crippen LogP contribution is 2.25. The van der Waals surface area contributed by atoms with E-state index in [0.29, 0.717) is 31.1 Å². The summed E-state index contributed by atoms with van der Waals surface area (Å²) in [7, 11) is 1.52. The number of hydrogen-bond donors (Lipinski definition) is 2. The van der Waals surface area contributed by atoms with Gasteiger partial charge >= 0.3 is 0 Å². The molecule has 1 amide bonds. The Morgan fingerprint density at radius 2 is 2.40 bits per heavy atom. The van der Waals surface area contributed by atoms with E-state index in [-0.39, 0.29) is 23.8 Å². The van der Waals surface area contributed by atoms with Gasteiger partial charge in [0.1, 0.15) is 17.6 Å². The fourth-order valence-electron chi connectivity index (χ4n) is 2.17. The van der Waals surface area contributed by atoms with Crippen molar-refractivity contribution >= 4 is 5.91 Å². The van der Waals surface area contributed by atoms with Gasteiger partial charge in [-0.25, -0.2) is 4.39 Å². The summed E-state index contributed by atoms with van der Waals surface area (Å²) in [6.45, 7) is 3.39. The molecule has 2 N–H and O–H groups in total. The van der Waals surface area contributed by atoms with Crippen LogP contribution in [-0.2, 0) is 9.53 Å². The summed E-state index contributed by atoms with van der Waals surface area (Å²) in [6, 6.07) is 3.53. The quantitative estimate of drug-likeness (QED) is 0.865. The molecule has 6 heteroatoms. The normalized spacial score (nSPS) is 20.2. The second-order valence-corrected chi connectivity index (χ2v) is 4.70. The zero-order valence-electron chi connectivity index (χ0n) is 11.6. The van der Waals surface area contributed by atoms with Gasteiger partial charge in [0.15, 0.2) is 0 Å². The van der Waals surface area contributed by atoms with E-state index in [9.17, 15) is 9.18 Å². The molecule has 1 aromatic rings.